The Hall–Kier alpha value is -1.06. The number of benzene rings is 1. The standard InChI is InChI=1S/C18H27NO2/c1-21-14-11-10-13-6-5-8-16(15(13)12-14)19-17-7-3-2-4-9-18(17)20/h10-12,16-20H,2-9H2,1H3. The molecule has 0 radical (unpaired) electrons. The van der Waals surface area contributed by atoms with Gasteiger partial charge in [-0.05, 0) is 55.4 Å². The summed E-state index contributed by atoms with van der Waals surface area (Å²) in [6.45, 7) is 0. The molecule has 21 heavy (non-hydrogen) atoms. The second kappa shape index (κ2) is 6.80. The van der Waals surface area contributed by atoms with E-state index in [1.54, 1.807) is 7.11 Å². The minimum atomic E-state index is -0.191. The largest absolute Gasteiger partial charge is 0.497 e. The lowest BCUT2D eigenvalue weighted by molar-refractivity contribution is 0.112. The van der Waals surface area contributed by atoms with Gasteiger partial charge in [-0.2, -0.15) is 0 Å². The van der Waals surface area contributed by atoms with Crippen molar-refractivity contribution in [3.8, 4) is 5.75 Å². The predicted octanol–water partition coefficient (Wildman–Crippen LogP) is 3.36. The Kier molecular flexibility index (Phi) is 4.81. The molecule has 0 aliphatic heterocycles. The topological polar surface area (TPSA) is 41.5 Å². The Morgan fingerprint density at radius 2 is 1.95 bits per heavy atom. The van der Waals surface area contributed by atoms with Gasteiger partial charge in [-0.25, -0.2) is 0 Å². The van der Waals surface area contributed by atoms with Crippen LogP contribution in [0.1, 0.15) is 62.1 Å². The van der Waals surface area contributed by atoms with Gasteiger partial charge in [-0.1, -0.05) is 25.3 Å². The number of hydrogen-bond acceptors (Lipinski definition) is 3. The van der Waals surface area contributed by atoms with Gasteiger partial charge < -0.3 is 15.2 Å². The van der Waals surface area contributed by atoms with Crippen LogP contribution in [0.2, 0.25) is 0 Å². The first-order valence-electron chi connectivity index (χ1n) is 8.39. The molecule has 1 aromatic rings. The van der Waals surface area contributed by atoms with Crippen LogP contribution < -0.4 is 10.1 Å². The van der Waals surface area contributed by atoms with Crippen molar-refractivity contribution in [3.05, 3.63) is 29.3 Å². The third-order valence-electron chi connectivity index (χ3n) is 5.06. The Morgan fingerprint density at radius 1 is 1.10 bits per heavy atom. The first kappa shape index (κ1) is 14.9. The van der Waals surface area contributed by atoms with E-state index in [4.69, 9.17) is 4.74 Å². The van der Waals surface area contributed by atoms with E-state index in [1.165, 1.54) is 30.4 Å². The van der Waals surface area contributed by atoms with Gasteiger partial charge in [-0.3, -0.25) is 0 Å². The second-order valence-corrected chi connectivity index (χ2v) is 6.49. The summed E-state index contributed by atoms with van der Waals surface area (Å²) >= 11 is 0. The first-order chi connectivity index (χ1) is 10.3. The molecule has 3 atom stereocenters. The fraction of sp³-hybridized carbons (Fsp3) is 0.667. The average Bonchev–Trinajstić information content (AvgIpc) is 2.72. The number of hydrogen-bond donors (Lipinski definition) is 2. The van der Waals surface area contributed by atoms with Gasteiger partial charge in [0, 0.05) is 12.1 Å². The second-order valence-electron chi connectivity index (χ2n) is 6.49. The Bertz CT molecular complexity index is 474. The highest BCUT2D eigenvalue weighted by atomic mass is 16.5. The van der Waals surface area contributed by atoms with Crippen molar-refractivity contribution < 1.29 is 9.84 Å². The summed E-state index contributed by atoms with van der Waals surface area (Å²) in [5.41, 5.74) is 2.81. The van der Waals surface area contributed by atoms with Gasteiger partial charge in [0.15, 0.2) is 0 Å². The molecule has 3 heteroatoms. The van der Waals surface area contributed by atoms with Crippen LogP contribution in [-0.4, -0.2) is 24.4 Å². The third kappa shape index (κ3) is 3.41. The molecular weight excluding hydrogens is 262 g/mol. The summed E-state index contributed by atoms with van der Waals surface area (Å²) < 4.78 is 5.38. The number of methoxy groups -OCH3 is 1. The van der Waals surface area contributed by atoms with E-state index in [-0.39, 0.29) is 12.1 Å². The highest BCUT2D eigenvalue weighted by molar-refractivity contribution is 5.39. The van der Waals surface area contributed by atoms with E-state index < -0.39 is 0 Å². The lowest BCUT2D eigenvalue weighted by Crippen LogP contribution is -2.42. The van der Waals surface area contributed by atoms with Crippen molar-refractivity contribution in [2.45, 2.75) is 69.6 Å². The van der Waals surface area contributed by atoms with E-state index in [0.29, 0.717) is 6.04 Å². The smallest absolute Gasteiger partial charge is 0.119 e. The molecule has 2 aliphatic rings. The van der Waals surface area contributed by atoms with Crippen LogP contribution >= 0.6 is 0 Å². The SMILES string of the molecule is COc1ccc2c(c1)C(NC1CCCCCC1O)CCC2. The van der Waals surface area contributed by atoms with Gasteiger partial charge in [0.05, 0.1) is 13.2 Å². The van der Waals surface area contributed by atoms with E-state index in [9.17, 15) is 5.11 Å². The molecule has 116 valence electrons. The highest BCUT2D eigenvalue weighted by Crippen LogP contribution is 2.33. The zero-order valence-electron chi connectivity index (χ0n) is 13.0. The highest BCUT2D eigenvalue weighted by Gasteiger charge is 2.27. The van der Waals surface area contributed by atoms with Crippen LogP contribution in [0.25, 0.3) is 0 Å². The Morgan fingerprint density at radius 3 is 2.81 bits per heavy atom. The molecule has 2 N–H and O–H groups in total. The summed E-state index contributed by atoms with van der Waals surface area (Å²) in [5.74, 6) is 0.934. The van der Waals surface area contributed by atoms with Gasteiger partial charge in [-0.15, -0.1) is 0 Å². The van der Waals surface area contributed by atoms with Crippen LogP contribution in [-0.2, 0) is 6.42 Å². The van der Waals surface area contributed by atoms with Crippen molar-refractivity contribution in [2.75, 3.05) is 7.11 Å². The maximum atomic E-state index is 10.3. The fourth-order valence-corrected chi connectivity index (χ4v) is 3.82. The molecule has 3 nitrogen and oxygen atoms in total. The molecule has 2 aliphatic carbocycles. The monoisotopic (exact) mass is 289 g/mol. The molecule has 0 saturated heterocycles. The van der Waals surface area contributed by atoms with Gasteiger partial charge in [0.2, 0.25) is 0 Å². The molecule has 3 unspecified atom stereocenters. The minimum absolute atomic E-state index is 0.191. The van der Waals surface area contributed by atoms with Gasteiger partial charge in [0.25, 0.3) is 0 Å². The normalized spacial score (nSPS) is 29.5. The molecule has 0 heterocycles. The van der Waals surface area contributed by atoms with Crippen LogP contribution in [0.3, 0.4) is 0 Å². The van der Waals surface area contributed by atoms with Crippen LogP contribution in [0.5, 0.6) is 5.75 Å². The summed E-state index contributed by atoms with van der Waals surface area (Å²) in [6.07, 6.45) is 9.02. The lowest BCUT2D eigenvalue weighted by Gasteiger charge is -2.32. The van der Waals surface area contributed by atoms with Gasteiger partial charge in [0.1, 0.15) is 5.75 Å². The molecule has 0 amide bonds. The zero-order chi connectivity index (χ0) is 14.7. The molecular formula is C18H27NO2. The summed E-state index contributed by atoms with van der Waals surface area (Å²) in [4.78, 5) is 0. The van der Waals surface area contributed by atoms with E-state index in [0.717, 1.165) is 37.9 Å². The summed E-state index contributed by atoms with van der Waals surface area (Å²) in [5, 5.41) is 14.1. The van der Waals surface area contributed by atoms with E-state index in [1.807, 2.05) is 0 Å². The molecule has 1 saturated carbocycles. The van der Waals surface area contributed by atoms with Crippen molar-refractivity contribution >= 4 is 0 Å². The van der Waals surface area contributed by atoms with Crippen molar-refractivity contribution in [2.24, 2.45) is 0 Å². The number of rotatable bonds is 3. The van der Waals surface area contributed by atoms with Crippen molar-refractivity contribution in [3.63, 3.8) is 0 Å². The molecule has 0 spiro atoms. The molecule has 1 aromatic carbocycles. The number of aliphatic hydroxyl groups excluding tert-OH is 1. The number of aliphatic hydroxyl groups is 1. The van der Waals surface area contributed by atoms with Crippen LogP contribution in [0, 0.1) is 0 Å². The Labute approximate surface area is 127 Å². The lowest BCUT2D eigenvalue weighted by atomic mass is 9.86. The molecule has 0 aromatic heterocycles. The number of fused-ring (bicyclic) bond motifs is 1. The van der Waals surface area contributed by atoms with Crippen molar-refractivity contribution in [1.82, 2.24) is 5.32 Å². The zero-order valence-corrected chi connectivity index (χ0v) is 13.0. The van der Waals surface area contributed by atoms with Crippen LogP contribution in [0.15, 0.2) is 18.2 Å². The average molecular weight is 289 g/mol. The van der Waals surface area contributed by atoms with Crippen molar-refractivity contribution in [1.29, 1.82) is 0 Å². The molecule has 1 fully saturated rings. The maximum absolute atomic E-state index is 10.3. The minimum Gasteiger partial charge on any atom is -0.497 e. The maximum Gasteiger partial charge on any atom is 0.119 e. The summed E-state index contributed by atoms with van der Waals surface area (Å²) in [6, 6.07) is 7.04. The van der Waals surface area contributed by atoms with Crippen LogP contribution in [0.4, 0.5) is 0 Å². The van der Waals surface area contributed by atoms with E-state index >= 15 is 0 Å². The Balaban J connectivity index is 1.77. The summed E-state index contributed by atoms with van der Waals surface area (Å²) in [7, 11) is 1.72. The fourth-order valence-electron chi connectivity index (χ4n) is 3.82. The molecule has 0 bridgehead atoms. The number of nitrogens with one attached hydrogen (secondary N) is 1. The third-order valence-corrected chi connectivity index (χ3v) is 5.06. The van der Waals surface area contributed by atoms with Gasteiger partial charge >= 0.3 is 0 Å². The van der Waals surface area contributed by atoms with E-state index in [2.05, 4.69) is 23.5 Å². The number of ether oxygens (including phenoxy) is 1. The quantitative estimate of drug-likeness (QED) is 0.838. The number of aryl methyl sites for hydroxylation is 1. The first-order valence-corrected chi connectivity index (χ1v) is 8.39. The predicted molar refractivity (Wildman–Crippen MR) is 84.7 cm³/mol. The molecule has 3 rings (SSSR count).